The van der Waals surface area contributed by atoms with Crippen LogP contribution in [0, 0.1) is 25.2 Å². The molecule has 2 N–H and O–H groups in total. The number of thiophene rings is 1. The summed E-state index contributed by atoms with van der Waals surface area (Å²) in [5.74, 6) is 0.0795. The van der Waals surface area contributed by atoms with Crippen molar-refractivity contribution in [2.75, 3.05) is 10.6 Å². The maximum Gasteiger partial charge on any atom is 0.258 e. The van der Waals surface area contributed by atoms with Crippen LogP contribution < -0.4 is 10.6 Å². The number of rotatable bonds is 4. The van der Waals surface area contributed by atoms with Gasteiger partial charge in [0.2, 0.25) is 0 Å². The van der Waals surface area contributed by atoms with Crippen LogP contribution in [-0.4, -0.2) is 11.8 Å². The van der Waals surface area contributed by atoms with Crippen LogP contribution in [0.5, 0.6) is 0 Å². The van der Waals surface area contributed by atoms with E-state index in [9.17, 15) is 9.59 Å². The lowest BCUT2D eigenvalue weighted by molar-refractivity contribution is 0.102. The predicted octanol–water partition coefficient (Wildman–Crippen LogP) is 7.67. The molecule has 1 aliphatic rings. The Hall–Kier alpha value is -2.63. The molecular weight excluding hydrogens is 464 g/mol. The zero-order valence-electron chi connectivity index (χ0n) is 20.3. The first kappa shape index (κ1) is 24.5. The van der Waals surface area contributed by atoms with E-state index in [4.69, 9.17) is 11.6 Å². The lowest BCUT2D eigenvalue weighted by atomic mass is 9.72. The Morgan fingerprint density at radius 1 is 1.00 bits per heavy atom. The van der Waals surface area contributed by atoms with Crippen molar-refractivity contribution in [1.82, 2.24) is 0 Å². The molecule has 4 rings (SSSR count). The van der Waals surface area contributed by atoms with E-state index in [1.54, 1.807) is 24.3 Å². The maximum absolute atomic E-state index is 13.5. The van der Waals surface area contributed by atoms with Crippen molar-refractivity contribution in [3.63, 3.8) is 0 Å². The molecule has 0 saturated carbocycles. The monoisotopic (exact) mass is 494 g/mol. The molecule has 34 heavy (non-hydrogen) atoms. The number of benzene rings is 2. The molecule has 0 aliphatic heterocycles. The second-order valence-corrected chi connectivity index (χ2v) is 11.8. The summed E-state index contributed by atoms with van der Waals surface area (Å²) in [7, 11) is 0. The highest BCUT2D eigenvalue weighted by molar-refractivity contribution is 7.17. The largest absolute Gasteiger partial charge is 0.322 e. The van der Waals surface area contributed by atoms with E-state index >= 15 is 0 Å². The van der Waals surface area contributed by atoms with Gasteiger partial charge in [-0.25, -0.2) is 0 Å². The van der Waals surface area contributed by atoms with Crippen LogP contribution in [0.1, 0.15) is 69.5 Å². The molecule has 1 aliphatic carbocycles. The van der Waals surface area contributed by atoms with Gasteiger partial charge in [0.05, 0.1) is 5.56 Å². The number of fused-ring (bicyclic) bond motifs is 1. The highest BCUT2D eigenvalue weighted by Crippen LogP contribution is 2.44. The van der Waals surface area contributed by atoms with Crippen molar-refractivity contribution in [3.05, 3.63) is 80.2 Å². The topological polar surface area (TPSA) is 58.2 Å². The van der Waals surface area contributed by atoms with Crippen molar-refractivity contribution in [2.45, 2.75) is 53.9 Å². The van der Waals surface area contributed by atoms with E-state index in [1.165, 1.54) is 21.8 Å². The zero-order valence-corrected chi connectivity index (χ0v) is 21.9. The number of anilines is 2. The Kier molecular flexibility index (Phi) is 6.88. The number of hydrogen-bond donors (Lipinski definition) is 2. The quantitative estimate of drug-likeness (QED) is 0.390. The number of carbonyl (C=O) groups is 2. The summed E-state index contributed by atoms with van der Waals surface area (Å²) in [5, 5.41) is 7.18. The molecule has 0 spiro atoms. The molecule has 178 valence electrons. The van der Waals surface area contributed by atoms with Crippen molar-refractivity contribution in [2.24, 2.45) is 11.3 Å². The van der Waals surface area contributed by atoms with E-state index in [2.05, 4.69) is 31.4 Å². The Labute approximate surface area is 210 Å². The number of nitrogens with one attached hydrogen (secondary N) is 2. The molecule has 1 atom stereocenters. The van der Waals surface area contributed by atoms with Gasteiger partial charge < -0.3 is 10.6 Å². The molecule has 0 bridgehead atoms. The number of aryl methyl sites for hydroxylation is 2. The molecule has 2 amide bonds. The lowest BCUT2D eigenvalue weighted by Crippen LogP contribution is -2.27. The first-order chi connectivity index (χ1) is 16.0. The number of hydrogen-bond acceptors (Lipinski definition) is 3. The van der Waals surface area contributed by atoms with E-state index in [-0.39, 0.29) is 17.2 Å². The molecule has 0 radical (unpaired) electrons. The van der Waals surface area contributed by atoms with E-state index in [0.717, 1.165) is 36.1 Å². The molecule has 2 aromatic carbocycles. The zero-order chi connectivity index (χ0) is 24.6. The summed E-state index contributed by atoms with van der Waals surface area (Å²) in [6.45, 7) is 10.9. The average molecular weight is 495 g/mol. The van der Waals surface area contributed by atoms with Gasteiger partial charge in [0.15, 0.2) is 0 Å². The predicted molar refractivity (Wildman–Crippen MR) is 143 cm³/mol. The molecule has 6 heteroatoms. The normalized spacial score (nSPS) is 15.5. The minimum atomic E-state index is -0.270. The number of carbonyl (C=O) groups excluding carboxylic acids is 2. The van der Waals surface area contributed by atoms with Crippen LogP contribution in [0.3, 0.4) is 0 Å². The second-order valence-electron chi connectivity index (χ2n) is 10.2. The van der Waals surface area contributed by atoms with Crippen LogP contribution >= 0.6 is 22.9 Å². The SMILES string of the molecule is Cc1ccc(NC(=O)c2c(NC(=O)c3cccc(Cl)c3)sc3c2CCC(C(C)(C)C)C3)cc1C. The van der Waals surface area contributed by atoms with Crippen LogP contribution in [0.2, 0.25) is 5.02 Å². The number of halogens is 1. The Morgan fingerprint density at radius 2 is 1.76 bits per heavy atom. The average Bonchev–Trinajstić information content (AvgIpc) is 3.12. The Bertz CT molecular complexity index is 1260. The van der Waals surface area contributed by atoms with Crippen molar-refractivity contribution in [1.29, 1.82) is 0 Å². The minimum Gasteiger partial charge on any atom is -0.322 e. The third kappa shape index (κ3) is 5.21. The smallest absolute Gasteiger partial charge is 0.258 e. The van der Waals surface area contributed by atoms with Crippen LogP contribution in [0.15, 0.2) is 42.5 Å². The van der Waals surface area contributed by atoms with E-state index < -0.39 is 0 Å². The molecular formula is C28H31ClN2O2S. The molecule has 1 heterocycles. The Morgan fingerprint density at radius 3 is 2.44 bits per heavy atom. The Balaban J connectivity index is 1.69. The van der Waals surface area contributed by atoms with Gasteiger partial charge in [-0.3, -0.25) is 9.59 Å². The molecule has 0 fully saturated rings. The van der Waals surface area contributed by atoms with Crippen LogP contribution in [0.25, 0.3) is 0 Å². The lowest BCUT2D eigenvalue weighted by Gasteiger charge is -2.33. The van der Waals surface area contributed by atoms with Gasteiger partial charge in [-0.1, -0.05) is 44.5 Å². The molecule has 3 aromatic rings. The van der Waals surface area contributed by atoms with Crippen molar-refractivity contribution in [3.8, 4) is 0 Å². The molecule has 4 nitrogen and oxygen atoms in total. The fourth-order valence-corrected chi connectivity index (χ4v) is 5.98. The molecule has 0 saturated heterocycles. The van der Waals surface area contributed by atoms with Crippen molar-refractivity contribution >= 4 is 45.4 Å². The highest BCUT2D eigenvalue weighted by Gasteiger charge is 2.34. The van der Waals surface area contributed by atoms with Crippen molar-refractivity contribution < 1.29 is 9.59 Å². The highest BCUT2D eigenvalue weighted by atomic mass is 35.5. The fourth-order valence-electron chi connectivity index (χ4n) is 4.47. The van der Waals surface area contributed by atoms with E-state index in [1.807, 2.05) is 32.0 Å². The third-order valence-electron chi connectivity index (χ3n) is 6.80. The summed E-state index contributed by atoms with van der Waals surface area (Å²) in [4.78, 5) is 27.8. The van der Waals surface area contributed by atoms with Crippen LogP contribution in [-0.2, 0) is 12.8 Å². The van der Waals surface area contributed by atoms with Gasteiger partial charge in [0, 0.05) is 21.2 Å². The van der Waals surface area contributed by atoms with Crippen LogP contribution in [0.4, 0.5) is 10.7 Å². The first-order valence-electron chi connectivity index (χ1n) is 11.6. The minimum absolute atomic E-state index is 0.184. The molecule has 1 aromatic heterocycles. The molecule has 1 unspecified atom stereocenters. The van der Waals surface area contributed by atoms with Gasteiger partial charge >= 0.3 is 0 Å². The van der Waals surface area contributed by atoms with E-state index in [0.29, 0.717) is 27.1 Å². The van der Waals surface area contributed by atoms with Gasteiger partial charge in [-0.2, -0.15) is 0 Å². The van der Waals surface area contributed by atoms with Gasteiger partial charge in [0.25, 0.3) is 11.8 Å². The van der Waals surface area contributed by atoms with Gasteiger partial charge in [-0.15, -0.1) is 11.3 Å². The summed E-state index contributed by atoms with van der Waals surface area (Å²) in [6.07, 6.45) is 2.77. The standard InChI is InChI=1S/C28H31ClN2O2S/c1-16-9-11-21(13-17(16)2)30-26(33)24-22-12-10-19(28(3,4)5)15-23(22)34-27(24)31-25(32)18-7-6-8-20(29)14-18/h6-9,11,13-14,19H,10,12,15H2,1-5H3,(H,30,33)(H,31,32). The first-order valence-corrected chi connectivity index (χ1v) is 12.8. The third-order valence-corrected chi connectivity index (χ3v) is 8.20. The fraction of sp³-hybridized carbons (Fsp3) is 0.357. The summed E-state index contributed by atoms with van der Waals surface area (Å²) < 4.78 is 0. The second kappa shape index (κ2) is 9.55. The van der Waals surface area contributed by atoms with Gasteiger partial charge in [-0.05, 0) is 91.5 Å². The summed E-state index contributed by atoms with van der Waals surface area (Å²) in [5.41, 5.74) is 5.35. The van der Waals surface area contributed by atoms with Gasteiger partial charge in [0.1, 0.15) is 5.00 Å². The number of amides is 2. The summed E-state index contributed by atoms with van der Waals surface area (Å²) in [6, 6.07) is 12.7. The maximum atomic E-state index is 13.5. The summed E-state index contributed by atoms with van der Waals surface area (Å²) >= 11 is 7.62.